The molecule has 0 amide bonds. The van der Waals surface area contributed by atoms with Crippen molar-refractivity contribution in [1.82, 2.24) is 5.06 Å². The zero-order valence-electron chi connectivity index (χ0n) is 12.5. The van der Waals surface area contributed by atoms with Crippen molar-refractivity contribution in [3.63, 3.8) is 0 Å². The van der Waals surface area contributed by atoms with E-state index in [2.05, 4.69) is 44.2 Å². The number of hydroxylamine groups is 2. The molecule has 0 heterocycles. The molecule has 0 spiro atoms. The van der Waals surface area contributed by atoms with Gasteiger partial charge in [0, 0.05) is 13.6 Å². The van der Waals surface area contributed by atoms with Gasteiger partial charge >= 0.3 is 0 Å². The normalized spacial score (nSPS) is 12.8. The minimum absolute atomic E-state index is 0.287. The number of ether oxygens (including phenoxy) is 1. The van der Waals surface area contributed by atoms with Crippen molar-refractivity contribution >= 4 is 10.8 Å². The summed E-state index contributed by atoms with van der Waals surface area (Å²) in [6.45, 7) is 5.59. The number of fused-ring (bicyclic) bond motifs is 1. The lowest BCUT2D eigenvalue weighted by Gasteiger charge is -2.16. The summed E-state index contributed by atoms with van der Waals surface area (Å²) in [6, 6.07) is 12.6. The molecule has 0 fully saturated rings. The summed E-state index contributed by atoms with van der Waals surface area (Å²) >= 11 is 0. The fraction of sp³-hybridized carbons (Fsp3) is 0.412. The quantitative estimate of drug-likeness (QED) is 0.806. The second-order valence-electron chi connectivity index (χ2n) is 5.36. The van der Waals surface area contributed by atoms with Gasteiger partial charge in [-0.1, -0.05) is 38.1 Å². The van der Waals surface area contributed by atoms with E-state index in [1.54, 1.807) is 7.05 Å². The molecular weight excluding hydrogens is 250 g/mol. The number of rotatable bonds is 6. The van der Waals surface area contributed by atoms with Crippen molar-refractivity contribution in [2.75, 3.05) is 20.2 Å². The number of hydrogen-bond acceptors (Lipinski definition) is 3. The van der Waals surface area contributed by atoms with Crippen molar-refractivity contribution in [1.29, 1.82) is 0 Å². The lowest BCUT2D eigenvalue weighted by atomic mass is 9.97. The molecule has 20 heavy (non-hydrogen) atoms. The van der Waals surface area contributed by atoms with Crippen LogP contribution in [0.15, 0.2) is 36.4 Å². The first-order valence-electron chi connectivity index (χ1n) is 7.16. The molecule has 0 radical (unpaired) electrons. The highest BCUT2D eigenvalue weighted by Gasteiger charge is 2.08. The van der Waals surface area contributed by atoms with Crippen molar-refractivity contribution in [3.8, 4) is 5.75 Å². The van der Waals surface area contributed by atoms with Crippen LogP contribution in [0.1, 0.15) is 31.7 Å². The molecule has 0 aliphatic carbocycles. The fourth-order valence-corrected chi connectivity index (χ4v) is 2.36. The first-order valence-corrected chi connectivity index (χ1v) is 7.16. The van der Waals surface area contributed by atoms with Crippen LogP contribution in [0.25, 0.3) is 10.8 Å². The molecule has 3 nitrogen and oxygen atoms in total. The van der Waals surface area contributed by atoms with Crippen LogP contribution in [0.4, 0.5) is 0 Å². The van der Waals surface area contributed by atoms with E-state index in [0.29, 0.717) is 6.54 Å². The summed E-state index contributed by atoms with van der Waals surface area (Å²) in [4.78, 5) is 0. The first kappa shape index (κ1) is 14.8. The first-order chi connectivity index (χ1) is 9.60. The molecule has 2 aromatic carbocycles. The average molecular weight is 273 g/mol. The van der Waals surface area contributed by atoms with Crippen LogP contribution in [0.5, 0.6) is 5.75 Å². The molecule has 0 saturated carbocycles. The molecule has 0 aliphatic rings. The van der Waals surface area contributed by atoms with E-state index in [-0.39, 0.29) is 5.92 Å². The van der Waals surface area contributed by atoms with E-state index in [9.17, 15) is 5.21 Å². The third-order valence-corrected chi connectivity index (χ3v) is 3.42. The van der Waals surface area contributed by atoms with E-state index in [4.69, 9.17) is 4.74 Å². The molecule has 1 unspecified atom stereocenters. The lowest BCUT2D eigenvalue weighted by Crippen LogP contribution is -2.19. The van der Waals surface area contributed by atoms with Gasteiger partial charge in [0.2, 0.25) is 0 Å². The number of hydrogen-bond donors (Lipinski definition) is 1. The summed E-state index contributed by atoms with van der Waals surface area (Å²) < 4.78 is 5.68. The molecule has 3 heteroatoms. The molecular formula is C17H23NO2. The summed E-state index contributed by atoms with van der Waals surface area (Å²) in [6.07, 6.45) is 1.01. The van der Waals surface area contributed by atoms with Crippen molar-refractivity contribution in [2.24, 2.45) is 0 Å². The van der Waals surface area contributed by atoms with Gasteiger partial charge in [-0.15, -0.1) is 0 Å². The Morgan fingerprint density at radius 2 is 1.90 bits per heavy atom. The van der Waals surface area contributed by atoms with Crippen LogP contribution >= 0.6 is 0 Å². The Morgan fingerprint density at radius 3 is 2.60 bits per heavy atom. The predicted molar refractivity (Wildman–Crippen MR) is 82.6 cm³/mol. The van der Waals surface area contributed by atoms with Gasteiger partial charge in [0.05, 0.1) is 6.61 Å². The molecule has 0 bridgehead atoms. The van der Waals surface area contributed by atoms with Crippen LogP contribution in [-0.4, -0.2) is 30.5 Å². The molecule has 0 aromatic heterocycles. The highest BCUT2D eigenvalue weighted by atomic mass is 16.5. The van der Waals surface area contributed by atoms with Crippen LogP contribution in [0, 0.1) is 0 Å². The van der Waals surface area contributed by atoms with Crippen LogP contribution in [0.2, 0.25) is 0 Å². The maximum absolute atomic E-state index is 9.35. The summed E-state index contributed by atoms with van der Waals surface area (Å²) in [5.41, 5.74) is 1.23. The zero-order chi connectivity index (χ0) is 14.5. The van der Waals surface area contributed by atoms with E-state index >= 15 is 0 Å². The van der Waals surface area contributed by atoms with Crippen molar-refractivity contribution in [3.05, 3.63) is 42.0 Å². The Balaban J connectivity index is 2.26. The molecule has 0 aliphatic heterocycles. The summed E-state index contributed by atoms with van der Waals surface area (Å²) in [5, 5.41) is 13.0. The largest absolute Gasteiger partial charge is 0.494 e. The molecule has 2 aromatic rings. The summed E-state index contributed by atoms with van der Waals surface area (Å²) in [7, 11) is 1.67. The minimum Gasteiger partial charge on any atom is -0.494 e. The zero-order valence-corrected chi connectivity index (χ0v) is 12.5. The highest BCUT2D eigenvalue weighted by molar-refractivity contribution is 5.84. The average Bonchev–Trinajstić information content (AvgIpc) is 2.43. The van der Waals surface area contributed by atoms with Gasteiger partial charge in [-0.05, 0) is 40.8 Å². The minimum atomic E-state index is 0.287. The molecule has 0 saturated heterocycles. The van der Waals surface area contributed by atoms with Crippen LogP contribution < -0.4 is 4.74 Å². The Labute approximate surface area is 120 Å². The Bertz CT molecular complexity index is 566. The molecule has 108 valence electrons. The Kier molecular flexibility index (Phi) is 4.99. The second-order valence-corrected chi connectivity index (χ2v) is 5.36. The van der Waals surface area contributed by atoms with Crippen LogP contribution in [-0.2, 0) is 0 Å². The SMILES string of the molecule is CCCOc1ccc2ccc(C(C)CN(C)O)cc2c1. The maximum atomic E-state index is 9.35. The van der Waals surface area contributed by atoms with Gasteiger partial charge in [-0.25, -0.2) is 0 Å². The van der Waals surface area contributed by atoms with Gasteiger partial charge in [-0.2, -0.15) is 5.06 Å². The third-order valence-electron chi connectivity index (χ3n) is 3.42. The number of benzene rings is 2. The third kappa shape index (κ3) is 3.71. The smallest absolute Gasteiger partial charge is 0.119 e. The monoisotopic (exact) mass is 273 g/mol. The maximum Gasteiger partial charge on any atom is 0.119 e. The number of nitrogens with zero attached hydrogens (tertiary/aromatic N) is 1. The van der Waals surface area contributed by atoms with Crippen molar-refractivity contribution < 1.29 is 9.94 Å². The predicted octanol–water partition coefficient (Wildman–Crippen LogP) is 4.05. The van der Waals surface area contributed by atoms with E-state index in [1.165, 1.54) is 21.4 Å². The lowest BCUT2D eigenvalue weighted by molar-refractivity contribution is -0.0681. The van der Waals surface area contributed by atoms with Gasteiger partial charge in [-0.3, -0.25) is 0 Å². The second kappa shape index (κ2) is 6.73. The van der Waals surface area contributed by atoms with Crippen molar-refractivity contribution in [2.45, 2.75) is 26.2 Å². The standard InChI is InChI=1S/C17H23NO2/c1-4-9-20-17-8-7-14-5-6-15(10-16(14)11-17)13(2)12-18(3)19/h5-8,10-11,13,19H,4,9,12H2,1-3H3. The van der Waals surface area contributed by atoms with Gasteiger partial charge in [0.15, 0.2) is 0 Å². The molecule has 1 atom stereocenters. The van der Waals surface area contributed by atoms with E-state index in [1.807, 2.05) is 6.07 Å². The molecule has 2 rings (SSSR count). The Hall–Kier alpha value is -1.58. The van der Waals surface area contributed by atoms with E-state index < -0.39 is 0 Å². The number of likely N-dealkylation sites (N-methyl/N-ethyl adjacent to an activating group) is 1. The molecule has 1 N–H and O–H groups in total. The van der Waals surface area contributed by atoms with Gasteiger partial charge in [0.25, 0.3) is 0 Å². The topological polar surface area (TPSA) is 32.7 Å². The highest BCUT2D eigenvalue weighted by Crippen LogP contribution is 2.25. The van der Waals surface area contributed by atoms with E-state index in [0.717, 1.165) is 18.8 Å². The summed E-state index contributed by atoms with van der Waals surface area (Å²) in [5.74, 6) is 1.21. The Morgan fingerprint density at radius 1 is 1.15 bits per heavy atom. The van der Waals surface area contributed by atoms with Gasteiger partial charge < -0.3 is 9.94 Å². The van der Waals surface area contributed by atoms with Crippen LogP contribution in [0.3, 0.4) is 0 Å². The van der Waals surface area contributed by atoms with Gasteiger partial charge in [0.1, 0.15) is 5.75 Å². The fourth-order valence-electron chi connectivity index (χ4n) is 2.36.